The summed E-state index contributed by atoms with van der Waals surface area (Å²) in [6.45, 7) is 2.62. The molecule has 2 N–H and O–H groups in total. The van der Waals surface area contributed by atoms with Gasteiger partial charge in [-0.15, -0.1) is 0 Å². The van der Waals surface area contributed by atoms with Crippen LogP contribution in [0.25, 0.3) is 10.9 Å². The molecule has 0 atom stereocenters. The molecule has 6 heteroatoms. The second-order valence-electron chi connectivity index (χ2n) is 7.84. The van der Waals surface area contributed by atoms with Gasteiger partial charge in [0.1, 0.15) is 6.26 Å². The number of benzene rings is 2. The Morgan fingerprint density at radius 1 is 1.17 bits per heavy atom. The first kappa shape index (κ1) is 18.6. The van der Waals surface area contributed by atoms with Gasteiger partial charge in [0.2, 0.25) is 5.91 Å². The first-order valence-electron chi connectivity index (χ1n) is 10.3. The fraction of sp³-hybridized carbons (Fsp3) is 0.250. The van der Waals surface area contributed by atoms with Crippen LogP contribution in [-0.4, -0.2) is 27.5 Å². The van der Waals surface area contributed by atoms with E-state index < -0.39 is 0 Å². The van der Waals surface area contributed by atoms with E-state index in [4.69, 9.17) is 4.52 Å². The molecule has 1 aliphatic heterocycles. The number of carbonyl (C=O) groups excluding carboxylic acids is 1. The van der Waals surface area contributed by atoms with Gasteiger partial charge in [0.05, 0.1) is 5.69 Å². The van der Waals surface area contributed by atoms with E-state index in [9.17, 15) is 4.79 Å². The second kappa shape index (κ2) is 8.16. The van der Waals surface area contributed by atoms with Gasteiger partial charge in [0, 0.05) is 54.9 Å². The molecule has 1 aliphatic rings. The van der Waals surface area contributed by atoms with Crippen molar-refractivity contribution in [2.45, 2.75) is 32.4 Å². The molecule has 4 aromatic rings. The van der Waals surface area contributed by atoms with Crippen LogP contribution in [0.15, 0.2) is 65.5 Å². The number of aromatic nitrogens is 2. The summed E-state index contributed by atoms with van der Waals surface area (Å²) in [6.07, 6.45) is 5.78. The zero-order valence-electron chi connectivity index (χ0n) is 16.7. The fourth-order valence-electron chi connectivity index (χ4n) is 4.19. The number of rotatable bonds is 6. The van der Waals surface area contributed by atoms with Gasteiger partial charge in [-0.25, -0.2) is 0 Å². The molecule has 2 aromatic carbocycles. The number of fused-ring (bicyclic) bond motifs is 2. The van der Waals surface area contributed by atoms with Crippen molar-refractivity contribution >= 4 is 22.5 Å². The third-order valence-corrected chi connectivity index (χ3v) is 5.75. The second-order valence-corrected chi connectivity index (χ2v) is 7.84. The van der Waals surface area contributed by atoms with Gasteiger partial charge in [-0.05, 0) is 47.7 Å². The van der Waals surface area contributed by atoms with Crippen molar-refractivity contribution in [3.63, 3.8) is 0 Å². The van der Waals surface area contributed by atoms with Gasteiger partial charge in [-0.1, -0.05) is 29.4 Å². The van der Waals surface area contributed by atoms with Crippen LogP contribution in [-0.2, 0) is 30.7 Å². The van der Waals surface area contributed by atoms with Crippen molar-refractivity contribution in [3.05, 3.63) is 83.4 Å². The van der Waals surface area contributed by atoms with Crippen molar-refractivity contribution in [1.82, 2.24) is 15.0 Å². The molecule has 2 aromatic heterocycles. The molecule has 6 nitrogen and oxygen atoms in total. The lowest BCUT2D eigenvalue weighted by molar-refractivity contribution is -0.116. The fourth-order valence-corrected chi connectivity index (χ4v) is 4.19. The number of hydrogen-bond donors (Lipinski definition) is 2. The number of carbonyl (C=O) groups is 1. The van der Waals surface area contributed by atoms with E-state index in [1.54, 1.807) is 6.26 Å². The van der Waals surface area contributed by atoms with E-state index in [0.29, 0.717) is 12.8 Å². The van der Waals surface area contributed by atoms with E-state index in [1.165, 1.54) is 22.1 Å². The highest BCUT2D eigenvalue weighted by Crippen LogP contribution is 2.24. The first-order valence-corrected chi connectivity index (χ1v) is 10.3. The summed E-state index contributed by atoms with van der Waals surface area (Å²) < 4.78 is 4.94. The minimum Gasteiger partial charge on any atom is -0.364 e. The van der Waals surface area contributed by atoms with E-state index >= 15 is 0 Å². The molecule has 0 fully saturated rings. The Morgan fingerprint density at radius 2 is 2.10 bits per heavy atom. The largest absolute Gasteiger partial charge is 0.364 e. The molecule has 0 bridgehead atoms. The maximum absolute atomic E-state index is 12.5. The molecule has 0 saturated carbocycles. The highest BCUT2D eigenvalue weighted by Gasteiger charge is 2.18. The van der Waals surface area contributed by atoms with E-state index in [-0.39, 0.29) is 5.91 Å². The molecule has 0 unspecified atom stereocenters. The summed E-state index contributed by atoms with van der Waals surface area (Å²) >= 11 is 0. The summed E-state index contributed by atoms with van der Waals surface area (Å²) in [6, 6.07) is 16.3. The zero-order chi connectivity index (χ0) is 20.3. The highest BCUT2D eigenvalue weighted by molar-refractivity contribution is 5.91. The Kier molecular flexibility index (Phi) is 5.07. The maximum Gasteiger partial charge on any atom is 0.224 e. The van der Waals surface area contributed by atoms with Gasteiger partial charge >= 0.3 is 0 Å². The lowest BCUT2D eigenvalue weighted by atomic mass is 9.99. The molecule has 0 spiro atoms. The Labute approximate surface area is 174 Å². The Bertz CT molecular complexity index is 1160. The SMILES string of the molecule is O=C(CCc1c[nH]c2ccccc12)Nc1ccc2c(c1)CN(Cc1ccon1)CC2. The predicted molar refractivity (Wildman–Crippen MR) is 116 cm³/mol. The molecule has 152 valence electrons. The molecule has 30 heavy (non-hydrogen) atoms. The first-order chi connectivity index (χ1) is 14.7. The molecule has 0 aliphatic carbocycles. The van der Waals surface area contributed by atoms with Crippen molar-refractivity contribution in [2.24, 2.45) is 0 Å². The molecule has 0 radical (unpaired) electrons. The van der Waals surface area contributed by atoms with Crippen molar-refractivity contribution in [2.75, 3.05) is 11.9 Å². The number of amides is 1. The number of nitrogens with one attached hydrogen (secondary N) is 2. The van der Waals surface area contributed by atoms with Crippen LogP contribution in [0.5, 0.6) is 0 Å². The van der Waals surface area contributed by atoms with Crippen molar-refractivity contribution in [1.29, 1.82) is 0 Å². The van der Waals surface area contributed by atoms with E-state index in [0.717, 1.165) is 43.0 Å². The summed E-state index contributed by atoms with van der Waals surface area (Å²) in [4.78, 5) is 18.2. The number of para-hydroxylation sites is 1. The maximum atomic E-state index is 12.5. The van der Waals surface area contributed by atoms with Crippen molar-refractivity contribution < 1.29 is 9.32 Å². The number of nitrogens with zero attached hydrogens (tertiary/aromatic N) is 2. The van der Waals surface area contributed by atoms with E-state index in [2.05, 4.69) is 44.6 Å². The van der Waals surface area contributed by atoms with Gasteiger partial charge < -0.3 is 14.8 Å². The smallest absolute Gasteiger partial charge is 0.224 e. The summed E-state index contributed by atoms with van der Waals surface area (Å²) in [7, 11) is 0. The number of aromatic amines is 1. The van der Waals surface area contributed by atoms with Crippen molar-refractivity contribution in [3.8, 4) is 0 Å². The zero-order valence-corrected chi connectivity index (χ0v) is 16.7. The monoisotopic (exact) mass is 400 g/mol. The lowest BCUT2D eigenvalue weighted by Gasteiger charge is -2.28. The number of aryl methyl sites for hydroxylation is 1. The number of hydrogen-bond acceptors (Lipinski definition) is 4. The summed E-state index contributed by atoms with van der Waals surface area (Å²) in [5.41, 5.74) is 6.70. The highest BCUT2D eigenvalue weighted by atomic mass is 16.5. The Morgan fingerprint density at radius 3 is 3.00 bits per heavy atom. The summed E-state index contributed by atoms with van der Waals surface area (Å²) in [5, 5.41) is 8.26. The molecule has 1 amide bonds. The third-order valence-electron chi connectivity index (χ3n) is 5.75. The van der Waals surface area contributed by atoms with Gasteiger partial charge in [-0.3, -0.25) is 9.69 Å². The normalized spacial score (nSPS) is 14.0. The quantitative estimate of drug-likeness (QED) is 0.506. The molecular formula is C24H24N4O2. The lowest BCUT2D eigenvalue weighted by Crippen LogP contribution is -2.30. The van der Waals surface area contributed by atoms with Crippen LogP contribution in [0.1, 0.15) is 28.8 Å². The number of anilines is 1. The predicted octanol–water partition coefficient (Wildman–Crippen LogP) is 4.29. The minimum atomic E-state index is 0.0375. The van der Waals surface area contributed by atoms with Crippen LogP contribution < -0.4 is 5.32 Å². The van der Waals surface area contributed by atoms with Crippen LogP contribution in [0.2, 0.25) is 0 Å². The van der Waals surface area contributed by atoms with Crippen LogP contribution in [0, 0.1) is 0 Å². The molecule has 0 saturated heterocycles. The molecule has 5 rings (SSSR count). The standard InChI is InChI=1S/C24H24N4O2/c29-24(8-6-18-14-25-23-4-2-1-3-22(18)23)26-20-7-5-17-9-11-28(15-19(17)13-20)16-21-10-12-30-27-21/h1-5,7,10,12-14,25H,6,8-9,11,15-16H2,(H,26,29). The third kappa shape index (κ3) is 4.00. The summed E-state index contributed by atoms with van der Waals surface area (Å²) in [5.74, 6) is 0.0375. The number of H-pyrrole nitrogens is 1. The topological polar surface area (TPSA) is 74.2 Å². The van der Waals surface area contributed by atoms with Crippen LogP contribution in [0.4, 0.5) is 5.69 Å². The average molecular weight is 400 g/mol. The Balaban J connectivity index is 1.21. The van der Waals surface area contributed by atoms with Crippen LogP contribution in [0.3, 0.4) is 0 Å². The molecule has 3 heterocycles. The van der Waals surface area contributed by atoms with E-state index in [1.807, 2.05) is 30.5 Å². The van der Waals surface area contributed by atoms with Gasteiger partial charge in [-0.2, -0.15) is 0 Å². The minimum absolute atomic E-state index is 0.0375. The van der Waals surface area contributed by atoms with Crippen LogP contribution >= 0.6 is 0 Å². The van der Waals surface area contributed by atoms with Gasteiger partial charge in [0.25, 0.3) is 0 Å². The van der Waals surface area contributed by atoms with Gasteiger partial charge in [0.15, 0.2) is 0 Å². The average Bonchev–Trinajstić information content (AvgIpc) is 3.42. The Hall–Kier alpha value is -3.38. The molecular weight excluding hydrogens is 376 g/mol.